The van der Waals surface area contributed by atoms with Crippen LogP contribution in [0.1, 0.15) is 60.4 Å². The van der Waals surface area contributed by atoms with E-state index in [4.69, 9.17) is 10.1 Å². The maximum atomic E-state index is 12.9. The van der Waals surface area contributed by atoms with Gasteiger partial charge in [0.1, 0.15) is 5.82 Å². The van der Waals surface area contributed by atoms with Crippen molar-refractivity contribution in [2.75, 3.05) is 5.32 Å². The van der Waals surface area contributed by atoms with Gasteiger partial charge in [-0.15, -0.1) is 5.10 Å². The van der Waals surface area contributed by atoms with Crippen molar-refractivity contribution in [3.8, 4) is 11.4 Å². The summed E-state index contributed by atoms with van der Waals surface area (Å²) in [6.07, 6.45) is 5.22. The molecule has 0 radical (unpaired) electrons. The number of aryl methyl sites for hydroxylation is 1. The summed E-state index contributed by atoms with van der Waals surface area (Å²) in [5.41, 5.74) is 3.16. The number of nitrogens with one attached hydrogen (secondary N) is 2. The Labute approximate surface area is 185 Å². The summed E-state index contributed by atoms with van der Waals surface area (Å²) >= 11 is 0. The molecule has 0 aliphatic heterocycles. The van der Waals surface area contributed by atoms with Gasteiger partial charge >= 0.3 is 0 Å². The van der Waals surface area contributed by atoms with Crippen LogP contribution in [0.2, 0.25) is 0 Å². The van der Waals surface area contributed by atoms with Crippen LogP contribution in [0, 0.1) is 0 Å². The van der Waals surface area contributed by atoms with E-state index >= 15 is 0 Å². The van der Waals surface area contributed by atoms with Crippen LogP contribution in [0.3, 0.4) is 0 Å². The van der Waals surface area contributed by atoms with Crippen LogP contribution in [0.5, 0.6) is 0 Å². The van der Waals surface area contributed by atoms with Crippen molar-refractivity contribution in [2.24, 2.45) is 0 Å². The summed E-state index contributed by atoms with van der Waals surface area (Å²) in [6, 6.07) is 16.4. The highest BCUT2D eigenvalue weighted by molar-refractivity contribution is 6.04. The van der Waals surface area contributed by atoms with Crippen LogP contribution >= 0.6 is 0 Å². The highest BCUT2D eigenvalue weighted by Gasteiger charge is 2.25. The first kappa shape index (κ1) is 20.2. The molecule has 0 bridgehead atoms. The van der Waals surface area contributed by atoms with E-state index in [1.165, 1.54) is 12.8 Å². The SMILES string of the molecule is CCc1nc(C2CCCC2)n2nc(-c3ccc(C(=O)Nc4ccccc4)cc3)[nH]c(=O)c12. The van der Waals surface area contributed by atoms with Crippen molar-refractivity contribution in [1.29, 1.82) is 0 Å². The Morgan fingerprint density at radius 1 is 1.09 bits per heavy atom. The van der Waals surface area contributed by atoms with Gasteiger partial charge in [-0.3, -0.25) is 9.59 Å². The van der Waals surface area contributed by atoms with Gasteiger partial charge in [-0.05, 0) is 43.5 Å². The molecule has 1 aliphatic rings. The lowest BCUT2D eigenvalue weighted by atomic mass is 10.1. The van der Waals surface area contributed by atoms with E-state index in [2.05, 4.69) is 10.3 Å². The average Bonchev–Trinajstić information content (AvgIpc) is 3.48. The number of benzene rings is 2. The molecule has 7 heteroatoms. The van der Waals surface area contributed by atoms with Crippen molar-refractivity contribution in [3.63, 3.8) is 0 Å². The predicted molar refractivity (Wildman–Crippen MR) is 124 cm³/mol. The Hall–Kier alpha value is -3.74. The van der Waals surface area contributed by atoms with Crippen molar-refractivity contribution >= 4 is 17.1 Å². The average molecular weight is 428 g/mol. The molecular formula is C25H25N5O2. The second-order valence-electron chi connectivity index (χ2n) is 8.21. The van der Waals surface area contributed by atoms with Crippen LogP contribution < -0.4 is 10.9 Å². The monoisotopic (exact) mass is 427 g/mol. The number of para-hydroxylation sites is 1. The Balaban J connectivity index is 1.48. The second kappa shape index (κ2) is 8.42. The molecule has 2 aromatic carbocycles. The van der Waals surface area contributed by atoms with Crippen molar-refractivity contribution in [3.05, 3.63) is 82.0 Å². The maximum absolute atomic E-state index is 12.9. The number of hydrogen-bond donors (Lipinski definition) is 2. The number of amides is 1. The number of anilines is 1. The summed E-state index contributed by atoms with van der Waals surface area (Å²) in [5.74, 6) is 1.51. The standard InChI is InChI=1S/C25H25N5O2/c1-2-20-21-25(32)28-22(29-30(21)23(27-20)17-8-6-7-9-17)16-12-14-18(15-13-16)24(31)26-19-10-4-3-5-11-19/h3-5,10-15,17H,2,6-9H2,1H3,(H,26,31)(H,28,29,32). The highest BCUT2D eigenvalue weighted by Crippen LogP contribution is 2.34. The smallest absolute Gasteiger partial charge is 0.277 e. The van der Waals surface area contributed by atoms with E-state index < -0.39 is 0 Å². The number of rotatable bonds is 5. The van der Waals surface area contributed by atoms with Gasteiger partial charge < -0.3 is 10.3 Å². The van der Waals surface area contributed by atoms with Gasteiger partial charge in [0.2, 0.25) is 0 Å². The molecule has 1 saturated carbocycles. The lowest BCUT2D eigenvalue weighted by molar-refractivity contribution is 0.102. The Morgan fingerprint density at radius 2 is 1.81 bits per heavy atom. The van der Waals surface area contributed by atoms with E-state index in [1.54, 1.807) is 28.8 Å². The molecule has 5 rings (SSSR count). The molecule has 1 amide bonds. The van der Waals surface area contributed by atoms with Crippen LogP contribution in [0.4, 0.5) is 5.69 Å². The van der Waals surface area contributed by atoms with Gasteiger partial charge in [0.15, 0.2) is 11.3 Å². The topological polar surface area (TPSA) is 92.2 Å². The molecular weight excluding hydrogens is 402 g/mol. The van der Waals surface area contributed by atoms with Crippen LogP contribution in [-0.4, -0.2) is 25.5 Å². The summed E-state index contributed by atoms with van der Waals surface area (Å²) < 4.78 is 1.75. The van der Waals surface area contributed by atoms with E-state index in [0.717, 1.165) is 35.6 Å². The minimum absolute atomic E-state index is 0.186. The molecule has 2 N–H and O–H groups in total. The molecule has 0 saturated heterocycles. The number of aromatic nitrogens is 4. The number of carbonyl (C=O) groups is 1. The number of carbonyl (C=O) groups excluding carboxylic acids is 1. The summed E-state index contributed by atoms with van der Waals surface area (Å²) in [4.78, 5) is 33.2. The van der Waals surface area contributed by atoms with Gasteiger partial charge in [0.05, 0.1) is 5.69 Å². The fraction of sp³-hybridized carbons (Fsp3) is 0.280. The largest absolute Gasteiger partial charge is 0.322 e. The number of hydrogen-bond acceptors (Lipinski definition) is 4. The first-order chi connectivity index (χ1) is 15.6. The van der Waals surface area contributed by atoms with E-state index in [0.29, 0.717) is 29.2 Å². The van der Waals surface area contributed by atoms with Crippen LogP contribution in [0.25, 0.3) is 16.9 Å². The fourth-order valence-corrected chi connectivity index (χ4v) is 4.42. The minimum Gasteiger partial charge on any atom is -0.322 e. The molecule has 1 fully saturated rings. The zero-order valence-corrected chi connectivity index (χ0v) is 18.0. The number of aromatic amines is 1. The first-order valence-electron chi connectivity index (χ1n) is 11.1. The first-order valence-corrected chi connectivity index (χ1v) is 11.1. The Bertz CT molecular complexity index is 1320. The second-order valence-corrected chi connectivity index (χ2v) is 8.21. The molecule has 162 valence electrons. The van der Waals surface area contributed by atoms with Crippen molar-refractivity contribution < 1.29 is 4.79 Å². The molecule has 0 unspecified atom stereocenters. The molecule has 0 atom stereocenters. The normalized spacial score (nSPS) is 14.2. The Kier molecular flexibility index (Phi) is 5.31. The quantitative estimate of drug-likeness (QED) is 0.488. The third-order valence-electron chi connectivity index (χ3n) is 6.11. The fourth-order valence-electron chi connectivity index (χ4n) is 4.42. The summed E-state index contributed by atoms with van der Waals surface area (Å²) in [6.45, 7) is 2.01. The van der Waals surface area contributed by atoms with Crippen molar-refractivity contribution in [1.82, 2.24) is 19.6 Å². The summed E-state index contributed by atoms with van der Waals surface area (Å²) in [5, 5.41) is 7.63. The zero-order chi connectivity index (χ0) is 22.1. The number of imidazole rings is 1. The highest BCUT2D eigenvalue weighted by atomic mass is 16.1. The van der Waals surface area contributed by atoms with Crippen LogP contribution in [0.15, 0.2) is 59.4 Å². The molecule has 2 aromatic heterocycles. The number of H-pyrrole nitrogens is 1. The summed E-state index contributed by atoms with van der Waals surface area (Å²) in [7, 11) is 0. The van der Waals surface area contributed by atoms with Gasteiger partial charge in [-0.25, -0.2) is 9.50 Å². The van der Waals surface area contributed by atoms with Gasteiger partial charge in [-0.2, -0.15) is 0 Å². The molecule has 2 heterocycles. The van der Waals surface area contributed by atoms with E-state index in [-0.39, 0.29) is 11.5 Å². The van der Waals surface area contributed by atoms with Crippen LogP contribution in [-0.2, 0) is 6.42 Å². The van der Waals surface area contributed by atoms with Gasteiger partial charge in [-0.1, -0.05) is 50.1 Å². The lowest BCUT2D eigenvalue weighted by Crippen LogP contribution is -2.16. The van der Waals surface area contributed by atoms with Gasteiger partial charge in [0, 0.05) is 22.7 Å². The molecule has 4 aromatic rings. The Morgan fingerprint density at radius 3 is 2.50 bits per heavy atom. The number of fused-ring (bicyclic) bond motifs is 1. The third-order valence-corrected chi connectivity index (χ3v) is 6.11. The van der Waals surface area contributed by atoms with Crippen molar-refractivity contribution in [2.45, 2.75) is 44.9 Å². The lowest BCUT2D eigenvalue weighted by Gasteiger charge is -2.09. The maximum Gasteiger partial charge on any atom is 0.277 e. The molecule has 0 spiro atoms. The molecule has 7 nitrogen and oxygen atoms in total. The molecule has 32 heavy (non-hydrogen) atoms. The van der Waals surface area contributed by atoms with Gasteiger partial charge in [0.25, 0.3) is 11.5 Å². The minimum atomic E-state index is -0.189. The predicted octanol–water partition coefficient (Wildman–Crippen LogP) is 4.56. The van der Waals surface area contributed by atoms with E-state index in [9.17, 15) is 9.59 Å². The molecule has 1 aliphatic carbocycles. The van der Waals surface area contributed by atoms with E-state index in [1.807, 2.05) is 37.3 Å². The number of nitrogens with zero attached hydrogens (tertiary/aromatic N) is 3. The zero-order valence-electron chi connectivity index (χ0n) is 18.0. The third kappa shape index (κ3) is 3.70.